The normalized spacial score (nSPS) is 14.6. The highest BCUT2D eigenvalue weighted by molar-refractivity contribution is 5.85. The molecule has 2 amide bonds. The smallest absolute Gasteiger partial charge is 0.410 e. The zero-order valence-electron chi connectivity index (χ0n) is 21.0. The summed E-state index contributed by atoms with van der Waals surface area (Å²) in [6.45, 7) is 5.42. The third kappa shape index (κ3) is 7.30. The van der Waals surface area contributed by atoms with E-state index in [1.165, 1.54) is 0 Å². The van der Waals surface area contributed by atoms with Gasteiger partial charge in [0.05, 0.1) is 36.2 Å². The summed E-state index contributed by atoms with van der Waals surface area (Å²) in [7, 11) is 0. The zero-order valence-corrected chi connectivity index (χ0v) is 21.0. The highest BCUT2D eigenvalue weighted by Crippen LogP contribution is 2.20. The van der Waals surface area contributed by atoms with Crippen molar-refractivity contribution in [3.63, 3.8) is 0 Å². The molecule has 0 aliphatic carbocycles. The molecule has 1 aliphatic rings. The average molecular weight is 510 g/mol. The van der Waals surface area contributed by atoms with Crippen LogP contribution < -0.4 is 11.1 Å². The van der Waals surface area contributed by atoms with Gasteiger partial charge in [-0.25, -0.2) is 9.78 Å². The molecule has 37 heavy (non-hydrogen) atoms. The van der Waals surface area contributed by atoms with Crippen LogP contribution in [0.4, 0.5) is 4.79 Å². The first-order chi connectivity index (χ1) is 17.3. The summed E-state index contributed by atoms with van der Waals surface area (Å²) in [4.78, 5) is 31.8. The number of likely N-dealkylation sites (tertiary alicyclic amines) is 1. The quantitative estimate of drug-likeness (QED) is 0.447. The number of carbonyl (C=O) groups excluding carboxylic acids is 2. The Morgan fingerprint density at radius 2 is 1.78 bits per heavy atom. The molecular weight excluding hydrogens is 470 g/mol. The first-order valence-corrected chi connectivity index (χ1v) is 12.4. The SMILES string of the molecule is C.CC(C)(N)C(=O)N[C@H](COCc1ccccc1)c1ncc2cccc(COC(=O)N3CCCCC3)n12. The van der Waals surface area contributed by atoms with Gasteiger partial charge in [-0.15, -0.1) is 0 Å². The van der Waals surface area contributed by atoms with Crippen molar-refractivity contribution in [2.45, 2.75) is 65.3 Å². The van der Waals surface area contributed by atoms with Crippen LogP contribution >= 0.6 is 0 Å². The molecule has 3 aromatic rings. The Morgan fingerprint density at radius 1 is 1.05 bits per heavy atom. The van der Waals surface area contributed by atoms with Crippen molar-refractivity contribution in [1.29, 1.82) is 0 Å². The van der Waals surface area contributed by atoms with Crippen molar-refractivity contribution < 1.29 is 19.1 Å². The average Bonchev–Trinajstić information content (AvgIpc) is 3.32. The number of nitrogens with one attached hydrogen (secondary N) is 1. The molecule has 0 unspecified atom stereocenters. The minimum Gasteiger partial charge on any atom is -0.443 e. The summed E-state index contributed by atoms with van der Waals surface area (Å²) in [5.41, 5.74) is 7.58. The topological polar surface area (TPSA) is 111 Å². The molecule has 0 radical (unpaired) electrons. The van der Waals surface area contributed by atoms with Crippen molar-refractivity contribution in [1.82, 2.24) is 19.6 Å². The Balaban J connectivity index is 0.00000380. The number of imidazole rings is 1. The Bertz CT molecular complexity index is 1170. The van der Waals surface area contributed by atoms with Crippen molar-refractivity contribution in [2.75, 3.05) is 19.7 Å². The van der Waals surface area contributed by atoms with Gasteiger partial charge in [0, 0.05) is 13.1 Å². The molecule has 2 aromatic heterocycles. The van der Waals surface area contributed by atoms with E-state index < -0.39 is 11.6 Å². The van der Waals surface area contributed by atoms with E-state index in [9.17, 15) is 9.59 Å². The maximum Gasteiger partial charge on any atom is 0.410 e. The number of aromatic nitrogens is 2. The molecule has 0 bridgehead atoms. The van der Waals surface area contributed by atoms with Gasteiger partial charge >= 0.3 is 6.09 Å². The molecule has 1 atom stereocenters. The fourth-order valence-electron chi connectivity index (χ4n) is 4.20. The lowest BCUT2D eigenvalue weighted by molar-refractivity contribution is -0.126. The fraction of sp³-hybridized carbons (Fsp3) is 0.464. The van der Waals surface area contributed by atoms with Gasteiger partial charge in [-0.1, -0.05) is 43.8 Å². The van der Waals surface area contributed by atoms with Crippen LogP contribution in [0.15, 0.2) is 54.7 Å². The van der Waals surface area contributed by atoms with E-state index in [4.69, 9.17) is 15.2 Å². The zero-order chi connectivity index (χ0) is 25.5. The summed E-state index contributed by atoms with van der Waals surface area (Å²) >= 11 is 0. The Labute approximate surface area is 219 Å². The molecule has 1 saturated heterocycles. The largest absolute Gasteiger partial charge is 0.443 e. The van der Waals surface area contributed by atoms with E-state index in [1.807, 2.05) is 52.9 Å². The van der Waals surface area contributed by atoms with Gasteiger partial charge in [0.15, 0.2) is 0 Å². The number of piperidine rings is 1. The van der Waals surface area contributed by atoms with Crippen LogP contribution in [0.1, 0.15) is 63.7 Å². The second-order valence-corrected chi connectivity index (χ2v) is 9.74. The molecule has 9 nitrogen and oxygen atoms in total. The van der Waals surface area contributed by atoms with Crippen LogP contribution in [-0.4, -0.2) is 51.5 Å². The monoisotopic (exact) mass is 509 g/mol. The number of hydrogen-bond acceptors (Lipinski definition) is 6. The molecule has 1 aromatic carbocycles. The van der Waals surface area contributed by atoms with Crippen molar-refractivity contribution in [3.05, 3.63) is 71.8 Å². The second-order valence-electron chi connectivity index (χ2n) is 9.74. The lowest BCUT2D eigenvalue weighted by Crippen LogP contribution is -2.51. The molecular formula is C28H39N5O4. The predicted molar refractivity (Wildman–Crippen MR) is 143 cm³/mol. The maximum absolute atomic E-state index is 12.8. The second kappa shape index (κ2) is 12.7. The van der Waals surface area contributed by atoms with Crippen LogP contribution in [0.25, 0.3) is 5.52 Å². The molecule has 9 heteroatoms. The number of carbonyl (C=O) groups is 2. The highest BCUT2D eigenvalue weighted by Gasteiger charge is 2.28. The van der Waals surface area contributed by atoms with E-state index in [1.54, 1.807) is 24.9 Å². The van der Waals surface area contributed by atoms with Crippen LogP contribution in [0.5, 0.6) is 0 Å². The van der Waals surface area contributed by atoms with Gasteiger partial charge in [0.25, 0.3) is 0 Å². The third-order valence-corrected chi connectivity index (χ3v) is 6.22. The minimum atomic E-state index is -1.07. The van der Waals surface area contributed by atoms with Crippen molar-refractivity contribution in [3.8, 4) is 0 Å². The lowest BCUT2D eigenvalue weighted by Gasteiger charge is -2.26. The third-order valence-electron chi connectivity index (χ3n) is 6.22. The molecule has 0 spiro atoms. The van der Waals surface area contributed by atoms with E-state index in [2.05, 4.69) is 10.3 Å². The maximum atomic E-state index is 12.8. The van der Waals surface area contributed by atoms with Gasteiger partial charge in [0.2, 0.25) is 5.91 Å². The van der Waals surface area contributed by atoms with E-state index in [-0.39, 0.29) is 32.6 Å². The van der Waals surface area contributed by atoms with Gasteiger partial charge in [-0.2, -0.15) is 0 Å². The van der Waals surface area contributed by atoms with E-state index >= 15 is 0 Å². The molecule has 200 valence electrons. The first-order valence-electron chi connectivity index (χ1n) is 12.4. The van der Waals surface area contributed by atoms with Crippen LogP contribution in [-0.2, 0) is 27.5 Å². The number of amides is 2. The van der Waals surface area contributed by atoms with E-state index in [0.717, 1.165) is 49.1 Å². The summed E-state index contributed by atoms with van der Waals surface area (Å²) in [6, 6.07) is 15.0. The summed E-state index contributed by atoms with van der Waals surface area (Å²) in [6.07, 6.45) is 4.56. The molecule has 1 aliphatic heterocycles. The number of ether oxygens (including phenoxy) is 2. The number of pyridine rings is 1. The van der Waals surface area contributed by atoms with Crippen LogP contribution in [0.3, 0.4) is 0 Å². The molecule has 3 heterocycles. The minimum absolute atomic E-state index is 0. The van der Waals surface area contributed by atoms with Gasteiger partial charge in [-0.05, 0) is 50.8 Å². The van der Waals surface area contributed by atoms with Gasteiger partial charge in [0.1, 0.15) is 18.5 Å². The Kier molecular flexibility index (Phi) is 9.66. The fourth-order valence-corrected chi connectivity index (χ4v) is 4.20. The molecule has 4 rings (SSSR count). The standard InChI is InChI=1S/C27H35N5O4.CH4/c1-27(2,28)25(33)30-23(19-35-17-20-10-5-3-6-11-20)24-29-16-21-12-9-13-22(32(21)24)18-36-26(34)31-14-7-4-8-15-31;/h3,5-6,9-13,16,23H,4,7-8,14-15,17-19,28H2,1-2H3,(H,30,33);1H4/t23-;/m1./s1. The Morgan fingerprint density at radius 3 is 2.49 bits per heavy atom. The molecule has 3 N–H and O–H groups in total. The predicted octanol–water partition coefficient (Wildman–Crippen LogP) is 4.20. The number of hydrogen-bond donors (Lipinski definition) is 2. The molecule has 0 saturated carbocycles. The summed E-state index contributed by atoms with van der Waals surface area (Å²) in [5.74, 6) is 0.266. The highest BCUT2D eigenvalue weighted by atomic mass is 16.6. The first kappa shape index (κ1) is 28.1. The summed E-state index contributed by atoms with van der Waals surface area (Å²) in [5, 5.41) is 2.99. The number of nitrogens with zero attached hydrogens (tertiary/aromatic N) is 3. The van der Waals surface area contributed by atoms with Crippen molar-refractivity contribution in [2.24, 2.45) is 5.73 Å². The lowest BCUT2D eigenvalue weighted by atomic mass is 10.1. The molecule has 1 fully saturated rings. The number of nitrogens with two attached hydrogens (primary N) is 1. The van der Waals surface area contributed by atoms with Crippen LogP contribution in [0.2, 0.25) is 0 Å². The van der Waals surface area contributed by atoms with Gasteiger partial charge < -0.3 is 25.4 Å². The van der Waals surface area contributed by atoms with Crippen LogP contribution in [0, 0.1) is 0 Å². The number of rotatable bonds is 9. The Hall–Kier alpha value is -3.43. The number of benzene rings is 1. The summed E-state index contributed by atoms with van der Waals surface area (Å²) < 4.78 is 13.5. The van der Waals surface area contributed by atoms with Crippen molar-refractivity contribution >= 4 is 17.5 Å². The van der Waals surface area contributed by atoms with Gasteiger partial charge in [-0.3, -0.25) is 9.20 Å². The van der Waals surface area contributed by atoms with E-state index in [0.29, 0.717) is 12.4 Å². The number of fused-ring (bicyclic) bond motifs is 1.